The van der Waals surface area contributed by atoms with Crippen molar-refractivity contribution in [3.05, 3.63) is 29.8 Å². The van der Waals surface area contributed by atoms with Crippen LogP contribution >= 0.6 is 0 Å². The van der Waals surface area contributed by atoms with E-state index in [-0.39, 0.29) is 5.84 Å². The summed E-state index contributed by atoms with van der Waals surface area (Å²) in [4.78, 5) is 2.41. The van der Waals surface area contributed by atoms with E-state index in [1.165, 1.54) is 18.5 Å². The Kier molecular flexibility index (Phi) is 4.21. The minimum absolute atomic E-state index is 0.156. The topological polar surface area (TPSA) is 61.8 Å². The summed E-state index contributed by atoms with van der Waals surface area (Å²) in [6, 6.07) is 7.90. The van der Waals surface area contributed by atoms with E-state index in [1.54, 1.807) is 0 Å². The van der Waals surface area contributed by atoms with Crippen LogP contribution < -0.4 is 10.6 Å². The van der Waals surface area contributed by atoms with Crippen molar-refractivity contribution in [2.75, 3.05) is 18.0 Å². The Bertz CT molecular complexity index is 465. The SMILES string of the molecule is CC(C)(C)C1CCN(c2ccc(C(N)=NO)cc2)CC1. The number of nitrogens with zero attached hydrogens (tertiary/aromatic N) is 2. The predicted octanol–water partition coefficient (Wildman–Crippen LogP) is 3.04. The first-order chi connectivity index (χ1) is 9.41. The highest BCUT2D eigenvalue weighted by molar-refractivity contribution is 5.97. The molecule has 1 saturated heterocycles. The lowest BCUT2D eigenvalue weighted by molar-refractivity contribution is 0.199. The highest BCUT2D eigenvalue weighted by Crippen LogP contribution is 2.35. The molecule has 0 radical (unpaired) electrons. The van der Waals surface area contributed by atoms with Gasteiger partial charge in [0.15, 0.2) is 5.84 Å². The largest absolute Gasteiger partial charge is 0.409 e. The van der Waals surface area contributed by atoms with Crippen LogP contribution in [0.15, 0.2) is 29.4 Å². The Balaban J connectivity index is 2.01. The van der Waals surface area contributed by atoms with Crippen molar-refractivity contribution >= 4 is 11.5 Å². The Morgan fingerprint density at radius 3 is 2.20 bits per heavy atom. The molecular formula is C16H25N3O. The lowest BCUT2D eigenvalue weighted by Gasteiger charge is -2.39. The molecule has 0 unspecified atom stereocenters. The monoisotopic (exact) mass is 275 g/mol. The molecule has 4 heteroatoms. The van der Waals surface area contributed by atoms with E-state index >= 15 is 0 Å². The summed E-state index contributed by atoms with van der Waals surface area (Å²) in [6.45, 7) is 9.20. The summed E-state index contributed by atoms with van der Waals surface area (Å²) >= 11 is 0. The van der Waals surface area contributed by atoms with E-state index < -0.39 is 0 Å². The summed E-state index contributed by atoms with van der Waals surface area (Å²) in [5.74, 6) is 0.957. The molecule has 4 nitrogen and oxygen atoms in total. The molecule has 110 valence electrons. The average Bonchev–Trinajstić information content (AvgIpc) is 2.46. The van der Waals surface area contributed by atoms with Gasteiger partial charge in [-0.25, -0.2) is 0 Å². The summed E-state index contributed by atoms with van der Waals surface area (Å²) in [5.41, 5.74) is 7.95. The molecular weight excluding hydrogens is 250 g/mol. The first-order valence-electron chi connectivity index (χ1n) is 7.24. The van der Waals surface area contributed by atoms with Crippen molar-refractivity contribution in [2.45, 2.75) is 33.6 Å². The van der Waals surface area contributed by atoms with Gasteiger partial charge in [-0.2, -0.15) is 0 Å². The molecule has 0 aliphatic carbocycles. The van der Waals surface area contributed by atoms with Crippen LogP contribution in [-0.2, 0) is 0 Å². The fraction of sp³-hybridized carbons (Fsp3) is 0.562. The van der Waals surface area contributed by atoms with Crippen LogP contribution in [0, 0.1) is 11.3 Å². The first-order valence-corrected chi connectivity index (χ1v) is 7.24. The van der Waals surface area contributed by atoms with Crippen molar-refractivity contribution in [1.82, 2.24) is 0 Å². The number of benzene rings is 1. The Labute approximate surface area is 121 Å². The van der Waals surface area contributed by atoms with E-state index in [1.807, 2.05) is 24.3 Å². The number of hydrogen-bond acceptors (Lipinski definition) is 3. The van der Waals surface area contributed by atoms with Gasteiger partial charge in [0, 0.05) is 24.3 Å². The summed E-state index contributed by atoms with van der Waals surface area (Å²) in [5, 5.41) is 11.7. The number of rotatable bonds is 2. The van der Waals surface area contributed by atoms with Crippen molar-refractivity contribution in [1.29, 1.82) is 0 Å². The first kappa shape index (κ1) is 14.7. The molecule has 0 amide bonds. The van der Waals surface area contributed by atoms with E-state index in [4.69, 9.17) is 10.9 Å². The van der Waals surface area contributed by atoms with Gasteiger partial charge in [-0.05, 0) is 48.4 Å². The zero-order valence-corrected chi connectivity index (χ0v) is 12.6. The third kappa shape index (κ3) is 3.24. The van der Waals surface area contributed by atoms with Crippen LogP contribution in [0.2, 0.25) is 0 Å². The molecule has 0 saturated carbocycles. The normalized spacial score (nSPS) is 18.4. The molecule has 1 aromatic rings. The quantitative estimate of drug-likeness (QED) is 0.377. The molecule has 1 fully saturated rings. The second kappa shape index (κ2) is 5.73. The van der Waals surface area contributed by atoms with E-state index in [9.17, 15) is 0 Å². The molecule has 1 heterocycles. The molecule has 1 aromatic carbocycles. The van der Waals surface area contributed by atoms with Gasteiger partial charge in [0.2, 0.25) is 0 Å². The Morgan fingerprint density at radius 1 is 1.20 bits per heavy atom. The van der Waals surface area contributed by atoms with Gasteiger partial charge in [-0.15, -0.1) is 0 Å². The van der Waals surface area contributed by atoms with Crippen molar-refractivity contribution in [2.24, 2.45) is 22.2 Å². The third-order valence-corrected chi connectivity index (χ3v) is 4.36. The highest BCUT2D eigenvalue weighted by atomic mass is 16.4. The van der Waals surface area contributed by atoms with Crippen molar-refractivity contribution in [3.8, 4) is 0 Å². The van der Waals surface area contributed by atoms with Gasteiger partial charge >= 0.3 is 0 Å². The molecule has 0 spiro atoms. The Morgan fingerprint density at radius 2 is 1.75 bits per heavy atom. The second-order valence-electron chi connectivity index (χ2n) is 6.66. The fourth-order valence-electron chi connectivity index (χ4n) is 2.90. The summed E-state index contributed by atoms with van der Waals surface area (Å²) < 4.78 is 0. The van der Waals surface area contributed by atoms with Gasteiger partial charge in [-0.1, -0.05) is 25.9 Å². The molecule has 0 atom stereocenters. The van der Waals surface area contributed by atoms with Crippen molar-refractivity contribution in [3.63, 3.8) is 0 Å². The minimum atomic E-state index is 0.156. The molecule has 0 aromatic heterocycles. The lowest BCUT2D eigenvalue weighted by Crippen LogP contribution is -2.38. The lowest BCUT2D eigenvalue weighted by atomic mass is 9.75. The molecule has 2 rings (SSSR count). The van der Waals surface area contributed by atoms with E-state index in [0.717, 1.165) is 24.6 Å². The van der Waals surface area contributed by atoms with Crippen LogP contribution in [0.5, 0.6) is 0 Å². The molecule has 1 aliphatic rings. The highest BCUT2D eigenvalue weighted by Gasteiger charge is 2.28. The number of piperidine rings is 1. The van der Waals surface area contributed by atoms with Crippen LogP contribution in [0.25, 0.3) is 0 Å². The second-order valence-corrected chi connectivity index (χ2v) is 6.66. The van der Waals surface area contributed by atoms with Crippen LogP contribution in [0.4, 0.5) is 5.69 Å². The van der Waals surface area contributed by atoms with E-state index in [2.05, 4.69) is 30.8 Å². The number of nitrogens with two attached hydrogens (primary N) is 1. The van der Waals surface area contributed by atoms with Gasteiger partial charge < -0.3 is 15.8 Å². The standard InChI is InChI=1S/C16H25N3O/c1-16(2,3)13-8-10-19(11-9-13)14-6-4-12(5-7-14)15(17)18-20/h4-7,13,20H,8-11H2,1-3H3,(H2,17,18). The zero-order valence-electron chi connectivity index (χ0n) is 12.6. The zero-order chi connectivity index (χ0) is 14.8. The van der Waals surface area contributed by atoms with Gasteiger partial charge in [-0.3, -0.25) is 0 Å². The molecule has 3 N–H and O–H groups in total. The summed E-state index contributed by atoms with van der Waals surface area (Å²) in [6.07, 6.45) is 2.48. The maximum atomic E-state index is 8.66. The molecule has 20 heavy (non-hydrogen) atoms. The number of amidine groups is 1. The number of oxime groups is 1. The third-order valence-electron chi connectivity index (χ3n) is 4.36. The molecule has 1 aliphatic heterocycles. The average molecular weight is 275 g/mol. The molecule has 0 bridgehead atoms. The van der Waals surface area contributed by atoms with Crippen LogP contribution in [-0.4, -0.2) is 24.1 Å². The predicted molar refractivity (Wildman–Crippen MR) is 83.3 cm³/mol. The van der Waals surface area contributed by atoms with Crippen LogP contribution in [0.3, 0.4) is 0 Å². The van der Waals surface area contributed by atoms with Crippen molar-refractivity contribution < 1.29 is 5.21 Å². The fourth-order valence-corrected chi connectivity index (χ4v) is 2.90. The van der Waals surface area contributed by atoms with Gasteiger partial charge in [0.1, 0.15) is 0 Å². The van der Waals surface area contributed by atoms with E-state index in [0.29, 0.717) is 5.41 Å². The minimum Gasteiger partial charge on any atom is -0.409 e. The van der Waals surface area contributed by atoms with Gasteiger partial charge in [0.25, 0.3) is 0 Å². The van der Waals surface area contributed by atoms with Crippen LogP contribution in [0.1, 0.15) is 39.2 Å². The number of hydrogen-bond donors (Lipinski definition) is 2. The maximum Gasteiger partial charge on any atom is 0.170 e. The smallest absolute Gasteiger partial charge is 0.170 e. The maximum absolute atomic E-state index is 8.66. The summed E-state index contributed by atoms with van der Waals surface area (Å²) in [7, 11) is 0. The Hall–Kier alpha value is -1.71. The number of anilines is 1. The van der Waals surface area contributed by atoms with Gasteiger partial charge in [0.05, 0.1) is 0 Å².